The van der Waals surface area contributed by atoms with E-state index < -0.39 is 0 Å². The fourth-order valence-corrected chi connectivity index (χ4v) is 3.46. The molecule has 0 aliphatic heterocycles. The first-order valence-corrected chi connectivity index (χ1v) is 9.57. The zero-order valence-electron chi connectivity index (χ0n) is 16.3. The van der Waals surface area contributed by atoms with E-state index >= 15 is 0 Å². The number of nitrogens with zero attached hydrogens (tertiary/aromatic N) is 4. The van der Waals surface area contributed by atoms with E-state index in [-0.39, 0.29) is 30.5 Å². The van der Waals surface area contributed by atoms with Crippen LogP contribution in [0.2, 0.25) is 5.02 Å². The Hall–Kier alpha value is -2.89. The second-order valence-corrected chi connectivity index (χ2v) is 7.48. The van der Waals surface area contributed by atoms with E-state index in [9.17, 15) is 9.59 Å². The van der Waals surface area contributed by atoms with Gasteiger partial charge in [-0.3, -0.25) is 14.3 Å². The summed E-state index contributed by atoms with van der Waals surface area (Å²) >= 11 is 6.04. The van der Waals surface area contributed by atoms with Gasteiger partial charge in [0.15, 0.2) is 0 Å². The number of carbonyl (C=O) groups is 2. The normalized spacial score (nSPS) is 17.9. The zero-order chi connectivity index (χ0) is 21.0. The third kappa shape index (κ3) is 4.94. The maximum absolute atomic E-state index is 12.6. The summed E-state index contributed by atoms with van der Waals surface area (Å²) in [5.41, 5.74) is 1.84. The van der Waals surface area contributed by atoms with Gasteiger partial charge in [-0.25, -0.2) is 0 Å². The highest BCUT2D eigenvalue weighted by Crippen LogP contribution is 2.27. The van der Waals surface area contributed by atoms with E-state index in [0.29, 0.717) is 35.7 Å². The molecule has 1 N–H and O–H groups in total. The molecule has 2 amide bonds. The van der Waals surface area contributed by atoms with Crippen molar-refractivity contribution in [2.24, 2.45) is 7.05 Å². The number of benzene rings is 1. The van der Waals surface area contributed by atoms with Gasteiger partial charge in [0, 0.05) is 26.2 Å². The molecular weight excluding hydrogens is 394 g/mol. The Kier molecular flexibility index (Phi) is 6.52. The van der Waals surface area contributed by atoms with Crippen LogP contribution in [0, 0.1) is 11.3 Å². The first-order chi connectivity index (χ1) is 13.9. The van der Waals surface area contributed by atoms with Gasteiger partial charge in [0.05, 0.1) is 29.5 Å². The molecule has 1 aromatic heterocycles. The maximum atomic E-state index is 12.6. The molecule has 2 aromatic rings. The summed E-state index contributed by atoms with van der Waals surface area (Å²) in [5.74, 6) is -0.374. The molecule has 1 saturated carbocycles. The predicted molar refractivity (Wildman–Crippen MR) is 106 cm³/mol. The second kappa shape index (κ2) is 9.07. The van der Waals surface area contributed by atoms with Gasteiger partial charge < -0.3 is 15.0 Å². The lowest BCUT2D eigenvalue weighted by molar-refractivity contribution is -0.127. The fourth-order valence-electron chi connectivity index (χ4n) is 3.21. The van der Waals surface area contributed by atoms with Crippen molar-refractivity contribution in [2.75, 3.05) is 13.7 Å². The van der Waals surface area contributed by atoms with Gasteiger partial charge in [0.25, 0.3) is 5.91 Å². The standard InChI is InChI=1S/C20H22ClN5O3/c1-25(20(28)19-17(21)10-23-26(19)2)16-7-15(8-16)24-18(27)12-29-11-14-5-3-13(9-22)4-6-14/h3-6,10,15-16H,7-8,11-12H2,1-2H3,(H,24,27). The molecule has 0 saturated heterocycles. The number of nitriles is 1. The molecule has 1 aliphatic rings. The van der Waals surface area contributed by atoms with Gasteiger partial charge in [0.1, 0.15) is 12.3 Å². The van der Waals surface area contributed by atoms with Crippen LogP contribution in [-0.4, -0.2) is 52.2 Å². The lowest BCUT2D eigenvalue weighted by atomic mass is 9.85. The lowest BCUT2D eigenvalue weighted by Gasteiger charge is -2.41. The van der Waals surface area contributed by atoms with Gasteiger partial charge in [0.2, 0.25) is 5.91 Å². The van der Waals surface area contributed by atoms with Crippen LogP contribution in [0.3, 0.4) is 0 Å². The molecule has 0 bridgehead atoms. The fraction of sp³-hybridized carbons (Fsp3) is 0.400. The maximum Gasteiger partial charge on any atom is 0.273 e. The molecular formula is C20H22ClN5O3. The Morgan fingerprint density at radius 2 is 2.07 bits per heavy atom. The quantitative estimate of drug-likeness (QED) is 0.744. The molecule has 0 spiro atoms. The molecule has 0 radical (unpaired) electrons. The molecule has 9 heteroatoms. The van der Waals surface area contributed by atoms with Crippen molar-refractivity contribution in [3.63, 3.8) is 0 Å². The third-order valence-corrected chi connectivity index (χ3v) is 5.30. The Balaban J connectivity index is 1.38. The SMILES string of the molecule is CN(C(=O)c1c(Cl)cnn1C)C1CC(NC(=O)COCc2ccc(C#N)cc2)C1. The number of nitrogens with one attached hydrogen (secondary N) is 1. The Morgan fingerprint density at radius 3 is 2.66 bits per heavy atom. The van der Waals surface area contributed by atoms with Crippen molar-refractivity contribution < 1.29 is 14.3 Å². The summed E-state index contributed by atoms with van der Waals surface area (Å²) in [6.45, 7) is 0.260. The van der Waals surface area contributed by atoms with E-state index in [1.54, 1.807) is 43.3 Å². The van der Waals surface area contributed by atoms with Crippen LogP contribution >= 0.6 is 11.6 Å². The van der Waals surface area contributed by atoms with Gasteiger partial charge >= 0.3 is 0 Å². The smallest absolute Gasteiger partial charge is 0.273 e. The lowest BCUT2D eigenvalue weighted by Crippen LogP contribution is -2.54. The minimum atomic E-state index is -0.189. The molecule has 0 unspecified atom stereocenters. The number of rotatable bonds is 7. The van der Waals surface area contributed by atoms with Gasteiger partial charge in [-0.1, -0.05) is 23.7 Å². The van der Waals surface area contributed by atoms with Crippen molar-refractivity contribution in [3.8, 4) is 6.07 Å². The molecule has 1 aromatic carbocycles. The number of hydrogen-bond acceptors (Lipinski definition) is 5. The van der Waals surface area contributed by atoms with Gasteiger partial charge in [-0.05, 0) is 30.5 Å². The van der Waals surface area contributed by atoms with Crippen LogP contribution in [-0.2, 0) is 23.2 Å². The van der Waals surface area contributed by atoms with Crippen LogP contribution < -0.4 is 5.32 Å². The third-order valence-electron chi connectivity index (χ3n) is 5.03. The highest BCUT2D eigenvalue weighted by molar-refractivity contribution is 6.33. The molecule has 1 aliphatic carbocycles. The van der Waals surface area contributed by atoms with E-state index in [4.69, 9.17) is 21.6 Å². The average Bonchev–Trinajstić information content (AvgIpc) is 3.02. The van der Waals surface area contributed by atoms with E-state index in [1.165, 1.54) is 10.9 Å². The summed E-state index contributed by atoms with van der Waals surface area (Å²) in [7, 11) is 3.41. The van der Waals surface area contributed by atoms with Crippen molar-refractivity contribution >= 4 is 23.4 Å². The summed E-state index contributed by atoms with van der Waals surface area (Å²) in [5, 5.41) is 16.0. The van der Waals surface area contributed by atoms with Crippen LogP contribution in [0.5, 0.6) is 0 Å². The molecule has 1 fully saturated rings. The molecule has 29 heavy (non-hydrogen) atoms. The minimum Gasteiger partial charge on any atom is -0.367 e. The molecule has 3 rings (SSSR count). The van der Waals surface area contributed by atoms with Crippen molar-refractivity contribution in [3.05, 3.63) is 52.3 Å². The van der Waals surface area contributed by atoms with Crippen molar-refractivity contribution in [1.29, 1.82) is 5.26 Å². The van der Waals surface area contributed by atoms with Gasteiger partial charge in [-0.15, -0.1) is 0 Å². The number of carbonyl (C=O) groups excluding carboxylic acids is 2. The van der Waals surface area contributed by atoms with Crippen molar-refractivity contribution in [2.45, 2.75) is 31.5 Å². The second-order valence-electron chi connectivity index (χ2n) is 7.07. The van der Waals surface area contributed by atoms with Gasteiger partial charge in [-0.2, -0.15) is 10.4 Å². The van der Waals surface area contributed by atoms with Crippen LogP contribution in [0.4, 0.5) is 0 Å². The monoisotopic (exact) mass is 415 g/mol. The number of aryl methyl sites for hydroxylation is 1. The average molecular weight is 416 g/mol. The minimum absolute atomic E-state index is 0.0169. The Labute approximate surface area is 174 Å². The summed E-state index contributed by atoms with van der Waals surface area (Å²) in [4.78, 5) is 26.3. The predicted octanol–water partition coefficient (Wildman–Crippen LogP) is 1.88. The van der Waals surface area contributed by atoms with E-state index in [1.807, 2.05) is 0 Å². The van der Waals surface area contributed by atoms with Crippen LogP contribution in [0.25, 0.3) is 0 Å². The molecule has 0 atom stereocenters. The van der Waals surface area contributed by atoms with E-state index in [2.05, 4.69) is 16.5 Å². The Morgan fingerprint density at radius 1 is 1.38 bits per heavy atom. The molecule has 1 heterocycles. The number of hydrogen-bond donors (Lipinski definition) is 1. The zero-order valence-corrected chi connectivity index (χ0v) is 17.0. The topological polar surface area (TPSA) is 100 Å². The van der Waals surface area contributed by atoms with Crippen molar-refractivity contribution in [1.82, 2.24) is 20.0 Å². The summed E-state index contributed by atoms with van der Waals surface area (Å²) in [6, 6.07) is 9.14. The summed E-state index contributed by atoms with van der Waals surface area (Å²) in [6.07, 6.45) is 2.81. The molecule has 152 valence electrons. The number of amides is 2. The highest BCUT2D eigenvalue weighted by atomic mass is 35.5. The number of aromatic nitrogens is 2. The van der Waals surface area contributed by atoms with E-state index in [0.717, 1.165) is 5.56 Å². The summed E-state index contributed by atoms with van der Waals surface area (Å²) < 4.78 is 6.89. The highest BCUT2D eigenvalue weighted by Gasteiger charge is 2.36. The number of halogens is 1. The Bertz CT molecular complexity index is 909. The largest absolute Gasteiger partial charge is 0.367 e. The first-order valence-electron chi connectivity index (χ1n) is 9.20. The van der Waals surface area contributed by atoms with Crippen LogP contribution in [0.1, 0.15) is 34.5 Å². The number of ether oxygens (including phenoxy) is 1. The first kappa shape index (κ1) is 20.8. The van der Waals surface area contributed by atoms with Crippen LogP contribution in [0.15, 0.2) is 30.5 Å². The molecule has 8 nitrogen and oxygen atoms in total.